The summed E-state index contributed by atoms with van der Waals surface area (Å²) in [5.41, 5.74) is 0. The van der Waals surface area contributed by atoms with Gasteiger partial charge in [0.05, 0.1) is 0 Å². The predicted octanol–water partition coefficient (Wildman–Crippen LogP) is -0.550. The van der Waals surface area contributed by atoms with E-state index in [9.17, 15) is 0 Å². The monoisotopic (exact) mass is 168 g/mol. The zero-order chi connectivity index (χ0) is 6.78. The van der Waals surface area contributed by atoms with Gasteiger partial charge in [-0.2, -0.15) is 0 Å². The molecular formula is C5H15NNaSi2. The van der Waals surface area contributed by atoms with E-state index in [-0.39, 0.29) is 38.5 Å². The number of nitrogens with zero attached hydrogens (tertiary/aromatic N) is 1. The Morgan fingerprint density at radius 3 is 1.44 bits per heavy atom. The Hall–Kier alpha value is 1.39. The van der Waals surface area contributed by atoms with Crippen LogP contribution in [0.25, 0.3) is 4.65 Å². The van der Waals surface area contributed by atoms with E-state index in [4.69, 9.17) is 0 Å². The Balaban J connectivity index is 0. The molecule has 0 rings (SSSR count). The van der Waals surface area contributed by atoms with E-state index in [0.29, 0.717) is 0 Å². The van der Waals surface area contributed by atoms with Crippen LogP contribution in [0.3, 0.4) is 0 Å². The zero-order valence-electron chi connectivity index (χ0n) is 7.45. The van der Waals surface area contributed by atoms with Crippen LogP contribution in [0.1, 0.15) is 0 Å². The first kappa shape index (κ1) is 13.0. The van der Waals surface area contributed by atoms with Crippen LogP contribution in [0.4, 0.5) is 0 Å². The number of rotatable bonds is 2. The van der Waals surface area contributed by atoms with Gasteiger partial charge in [-0.3, -0.25) is 0 Å². The molecule has 1 radical (unpaired) electrons. The van der Waals surface area contributed by atoms with Gasteiger partial charge < -0.3 is 4.65 Å². The van der Waals surface area contributed by atoms with E-state index in [1.807, 2.05) is 0 Å². The molecular weight excluding hydrogens is 153 g/mol. The average Bonchev–Trinajstić information content (AvgIpc) is 1.21. The smallest absolute Gasteiger partial charge is 0.670 e. The van der Waals surface area contributed by atoms with Crippen LogP contribution in [0.2, 0.25) is 32.7 Å². The summed E-state index contributed by atoms with van der Waals surface area (Å²) in [6.45, 7) is 11.3. The van der Waals surface area contributed by atoms with E-state index in [1.165, 1.54) is 0 Å². The van der Waals surface area contributed by atoms with Gasteiger partial charge in [0, 0.05) is 0 Å². The standard InChI is InChI=1S/C5H15NSi2.Na/c1-7(2)6-8(3,4)5;/h1-5H3;/q-1;+1. The summed E-state index contributed by atoms with van der Waals surface area (Å²) in [6, 6.07) is 0. The molecule has 1 nitrogen and oxygen atoms in total. The van der Waals surface area contributed by atoms with Crippen molar-refractivity contribution >= 4 is 17.2 Å². The molecule has 0 saturated heterocycles. The van der Waals surface area contributed by atoms with Crippen molar-refractivity contribution in [3.05, 3.63) is 4.65 Å². The predicted molar refractivity (Wildman–Crippen MR) is 44.2 cm³/mol. The molecule has 0 saturated carbocycles. The molecule has 0 amide bonds. The molecule has 0 spiro atoms. The van der Waals surface area contributed by atoms with Crippen molar-refractivity contribution in [1.82, 2.24) is 0 Å². The zero-order valence-corrected chi connectivity index (χ0v) is 11.4. The van der Waals surface area contributed by atoms with Crippen LogP contribution < -0.4 is 29.6 Å². The first-order valence-electron chi connectivity index (χ1n) is 2.95. The summed E-state index contributed by atoms with van der Waals surface area (Å²) >= 11 is 0. The molecule has 49 valence electrons. The molecule has 0 aromatic rings. The fourth-order valence-corrected chi connectivity index (χ4v) is 6.04. The quantitative estimate of drug-likeness (QED) is 0.491. The van der Waals surface area contributed by atoms with Gasteiger partial charge in [-0.25, -0.2) is 0 Å². The van der Waals surface area contributed by atoms with Crippen molar-refractivity contribution in [3.63, 3.8) is 0 Å². The van der Waals surface area contributed by atoms with Gasteiger partial charge in [0.1, 0.15) is 0 Å². The third-order valence-electron chi connectivity index (χ3n) is 0.559. The van der Waals surface area contributed by atoms with Gasteiger partial charge in [-0.1, -0.05) is 49.9 Å². The minimum absolute atomic E-state index is 0. The largest absolute Gasteiger partial charge is 1.00 e. The second-order valence-electron chi connectivity index (χ2n) is 3.23. The molecule has 0 aliphatic carbocycles. The van der Waals surface area contributed by atoms with Crippen LogP contribution in [-0.2, 0) is 0 Å². The third kappa shape index (κ3) is 12.6. The maximum Gasteiger partial charge on any atom is 1.00 e. The second-order valence-corrected chi connectivity index (χ2v) is 10.4. The van der Waals surface area contributed by atoms with Crippen molar-refractivity contribution in [1.29, 1.82) is 0 Å². The maximum absolute atomic E-state index is 4.65. The first-order chi connectivity index (χ1) is 3.42. The molecule has 0 N–H and O–H groups in total. The van der Waals surface area contributed by atoms with Crippen molar-refractivity contribution < 1.29 is 29.6 Å². The van der Waals surface area contributed by atoms with E-state index < -0.39 is 8.24 Å². The summed E-state index contributed by atoms with van der Waals surface area (Å²) in [6.07, 6.45) is 0. The van der Waals surface area contributed by atoms with Gasteiger partial charge >= 0.3 is 29.6 Å². The summed E-state index contributed by atoms with van der Waals surface area (Å²) in [5.74, 6) is 0. The Kier molecular flexibility index (Phi) is 7.37. The van der Waals surface area contributed by atoms with Crippen LogP contribution in [0, 0.1) is 0 Å². The molecule has 0 unspecified atom stereocenters. The van der Waals surface area contributed by atoms with Crippen LogP contribution in [-0.4, -0.2) is 17.2 Å². The number of hydrogen-bond acceptors (Lipinski definition) is 0. The second kappa shape index (κ2) is 5.10. The van der Waals surface area contributed by atoms with Crippen molar-refractivity contribution in [3.8, 4) is 0 Å². The fourth-order valence-electron chi connectivity index (χ4n) is 0.671. The van der Waals surface area contributed by atoms with E-state index >= 15 is 0 Å². The minimum atomic E-state index is -1.05. The van der Waals surface area contributed by atoms with Crippen LogP contribution in [0.15, 0.2) is 0 Å². The average molecular weight is 168 g/mol. The molecule has 0 aliphatic rings. The van der Waals surface area contributed by atoms with E-state index in [1.54, 1.807) is 0 Å². The summed E-state index contributed by atoms with van der Waals surface area (Å²) in [4.78, 5) is 0. The van der Waals surface area contributed by atoms with Crippen molar-refractivity contribution in [2.75, 3.05) is 0 Å². The molecule has 0 atom stereocenters. The third-order valence-corrected chi connectivity index (χ3v) is 5.03. The number of hydrogen-bond donors (Lipinski definition) is 0. The van der Waals surface area contributed by atoms with Crippen LogP contribution in [0.5, 0.6) is 0 Å². The molecule has 9 heavy (non-hydrogen) atoms. The molecule has 0 aromatic carbocycles. The maximum atomic E-state index is 4.65. The molecule has 0 aliphatic heterocycles. The molecule has 0 heterocycles. The van der Waals surface area contributed by atoms with E-state index in [0.717, 1.165) is 0 Å². The SMILES string of the molecule is C[Si](C)[N-][Si](C)(C)C.[Na+]. The first-order valence-corrected chi connectivity index (χ1v) is 8.84. The van der Waals surface area contributed by atoms with Gasteiger partial charge in [0.25, 0.3) is 0 Å². The summed E-state index contributed by atoms with van der Waals surface area (Å²) in [7, 11) is -1.36. The van der Waals surface area contributed by atoms with Crippen molar-refractivity contribution in [2.24, 2.45) is 0 Å². The molecule has 4 heteroatoms. The molecule has 0 bridgehead atoms. The van der Waals surface area contributed by atoms with E-state index in [2.05, 4.69) is 37.4 Å². The normalized spacial score (nSPS) is 11.3. The topological polar surface area (TPSA) is 14.1 Å². The molecule has 0 aromatic heterocycles. The summed E-state index contributed by atoms with van der Waals surface area (Å²) < 4.78 is 4.65. The fraction of sp³-hybridized carbons (Fsp3) is 1.00. The van der Waals surface area contributed by atoms with Gasteiger partial charge in [0.2, 0.25) is 0 Å². The van der Waals surface area contributed by atoms with Gasteiger partial charge in [-0.15, -0.1) is 0 Å². The Morgan fingerprint density at radius 1 is 1.11 bits per heavy atom. The molecule has 0 fully saturated rings. The minimum Gasteiger partial charge on any atom is -0.670 e. The van der Waals surface area contributed by atoms with Crippen molar-refractivity contribution in [2.45, 2.75) is 32.7 Å². The van der Waals surface area contributed by atoms with Gasteiger partial charge in [-0.05, 0) is 0 Å². The Labute approximate surface area is 83.7 Å². The van der Waals surface area contributed by atoms with Gasteiger partial charge in [0.15, 0.2) is 0 Å². The summed E-state index contributed by atoms with van der Waals surface area (Å²) in [5, 5.41) is 0. The Bertz CT molecular complexity index is 69.8. The Morgan fingerprint density at radius 2 is 1.44 bits per heavy atom. The van der Waals surface area contributed by atoms with Crippen LogP contribution >= 0.6 is 0 Å².